The Morgan fingerprint density at radius 3 is 1.42 bits per heavy atom. The van der Waals surface area contributed by atoms with Crippen molar-refractivity contribution in [2.24, 2.45) is 0 Å². The van der Waals surface area contributed by atoms with Crippen LogP contribution in [0.3, 0.4) is 0 Å². The van der Waals surface area contributed by atoms with Gasteiger partial charge in [0, 0.05) is 0 Å². The van der Waals surface area contributed by atoms with E-state index in [1.807, 2.05) is 0 Å². The predicted molar refractivity (Wildman–Crippen MR) is 247 cm³/mol. The van der Waals surface area contributed by atoms with Gasteiger partial charge in [-0.2, -0.15) is 0 Å². The van der Waals surface area contributed by atoms with Gasteiger partial charge in [0.15, 0.2) is 0 Å². The molecule has 13 nitrogen and oxygen atoms in total. The third-order valence-corrected chi connectivity index (χ3v) is 12.7. The van der Waals surface area contributed by atoms with Crippen LogP contribution in [-0.2, 0) is 18.4 Å². The SMILES string of the molecule is CCCCCCCCCC/C=C/CC/C=C/CC/C=C/C(O)C(COP(=O)(O)OC1C(O)C(O)C(O)C(O)C1O)NC(=O)CC(O)CCCCCCCCCCCCCCCC. The summed E-state index contributed by atoms with van der Waals surface area (Å²) < 4.78 is 22.9. The Labute approximate surface area is 375 Å². The van der Waals surface area contributed by atoms with Gasteiger partial charge in [-0.25, -0.2) is 4.57 Å². The molecule has 0 aromatic heterocycles. The smallest absolute Gasteiger partial charge is 0.393 e. The summed E-state index contributed by atoms with van der Waals surface area (Å²) >= 11 is 0. The molecule has 1 rings (SSSR count). The molecule has 1 aliphatic rings. The second-order valence-electron chi connectivity index (χ2n) is 17.5. The minimum atomic E-state index is -5.15. The number of rotatable bonds is 40. The molecular weight excluding hydrogens is 813 g/mol. The highest BCUT2D eigenvalue weighted by molar-refractivity contribution is 7.47. The molecule has 0 radical (unpaired) electrons. The third-order valence-electron chi connectivity index (χ3n) is 11.7. The number of unbranched alkanes of at least 4 members (excludes halogenated alkanes) is 23. The Kier molecular flexibility index (Phi) is 35.6. The van der Waals surface area contributed by atoms with Gasteiger partial charge in [-0.1, -0.05) is 185 Å². The van der Waals surface area contributed by atoms with E-state index in [1.54, 1.807) is 6.08 Å². The Hall–Kier alpha value is -1.48. The summed E-state index contributed by atoms with van der Waals surface area (Å²) in [5.74, 6) is -0.606. The summed E-state index contributed by atoms with van der Waals surface area (Å²) in [5.41, 5.74) is 0. The number of phosphoric acid groups is 1. The highest BCUT2D eigenvalue weighted by atomic mass is 31.2. The van der Waals surface area contributed by atoms with Crippen LogP contribution in [-0.4, -0.2) is 108 Å². The zero-order valence-electron chi connectivity index (χ0n) is 38.5. The molecule has 0 saturated heterocycles. The van der Waals surface area contributed by atoms with Crippen LogP contribution in [0.15, 0.2) is 36.5 Å². The maximum absolute atomic E-state index is 13.0. The fraction of sp³-hybridized carbons (Fsp3) is 0.854. The van der Waals surface area contributed by atoms with Crippen LogP contribution in [0.5, 0.6) is 0 Å². The first kappa shape index (κ1) is 58.5. The van der Waals surface area contributed by atoms with Crippen molar-refractivity contribution < 1.29 is 59.0 Å². The number of amides is 1. The van der Waals surface area contributed by atoms with Gasteiger partial charge in [-0.3, -0.25) is 13.8 Å². The third kappa shape index (κ3) is 29.1. The highest BCUT2D eigenvalue weighted by Gasteiger charge is 2.51. The minimum absolute atomic E-state index is 0.254. The maximum atomic E-state index is 13.0. The molecule has 0 aromatic carbocycles. The van der Waals surface area contributed by atoms with Crippen LogP contribution < -0.4 is 5.32 Å². The first-order valence-corrected chi connectivity index (χ1v) is 26.0. The Morgan fingerprint density at radius 1 is 0.565 bits per heavy atom. The van der Waals surface area contributed by atoms with Crippen molar-refractivity contribution in [3.63, 3.8) is 0 Å². The number of phosphoric ester groups is 1. The van der Waals surface area contributed by atoms with Crippen molar-refractivity contribution in [3.8, 4) is 0 Å². The van der Waals surface area contributed by atoms with Crippen molar-refractivity contribution in [1.82, 2.24) is 5.32 Å². The lowest BCUT2D eigenvalue weighted by Crippen LogP contribution is -2.64. The first-order chi connectivity index (χ1) is 29.8. The molecule has 364 valence electrons. The normalized spacial score (nSPS) is 23.3. The van der Waals surface area contributed by atoms with Crippen LogP contribution in [0, 0.1) is 0 Å². The summed E-state index contributed by atoms with van der Waals surface area (Å²) in [4.78, 5) is 23.4. The van der Waals surface area contributed by atoms with Crippen molar-refractivity contribution in [2.45, 2.75) is 255 Å². The molecular formula is C48H90NO12P. The minimum Gasteiger partial charge on any atom is -0.393 e. The molecule has 8 atom stereocenters. The number of nitrogens with one attached hydrogen (secondary N) is 1. The van der Waals surface area contributed by atoms with Crippen LogP contribution in [0.2, 0.25) is 0 Å². The monoisotopic (exact) mass is 904 g/mol. The average molecular weight is 904 g/mol. The molecule has 0 spiro atoms. The second-order valence-corrected chi connectivity index (χ2v) is 18.9. The van der Waals surface area contributed by atoms with Gasteiger partial charge in [-0.15, -0.1) is 0 Å². The van der Waals surface area contributed by atoms with E-state index >= 15 is 0 Å². The predicted octanol–water partition coefficient (Wildman–Crippen LogP) is 8.53. The Bertz CT molecular complexity index is 1200. The molecule has 1 fully saturated rings. The van der Waals surface area contributed by atoms with E-state index in [4.69, 9.17) is 9.05 Å². The number of aliphatic hydroxyl groups excluding tert-OH is 7. The quantitative estimate of drug-likeness (QED) is 0.0160. The second kappa shape index (κ2) is 37.7. The lowest BCUT2D eigenvalue weighted by atomic mass is 9.85. The van der Waals surface area contributed by atoms with Gasteiger partial charge in [-0.05, 0) is 44.9 Å². The van der Waals surface area contributed by atoms with Gasteiger partial charge in [0.2, 0.25) is 5.91 Å². The fourth-order valence-corrected chi connectivity index (χ4v) is 8.65. The summed E-state index contributed by atoms with van der Waals surface area (Å²) in [6.07, 6.45) is 29.4. The van der Waals surface area contributed by atoms with E-state index in [-0.39, 0.29) is 6.42 Å². The lowest BCUT2D eigenvalue weighted by Gasteiger charge is -2.41. The van der Waals surface area contributed by atoms with Crippen molar-refractivity contribution in [1.29, 1.82) is 0 Å². The van der Waals surface area contributed by atoms with Gasteiger partial charge >= 0.3 is 7.82 Å². The number of hydrogen-bond donors (Lipinski definition) is 9. The number of hydrogen-bond acceptors (Lipinski definition) is 11. The standard InChI is InChI=1S/C48H90NO12P/c1-3-5-7-9-11-13-15-17-19-20-21-22-24-26-28-30-32-34-36-41(51)40(38-60-62(58,59)61-48-46(56)44(54)43(53)45(55)47(48)57)49-42(52)37-39(50)35-33-31-29-27-25-23-18-16-14-12-10-8-6-4-2/h20-21,26,28,34,36,39-41,43-48,50-51,53-57H,3-19,22-25,27,29-33,35,37-38H2,1-2H3,(H,49,52)(H,58,59)/b21-20+,28-26+,36-34+. The first-order valence-electron chi connectivity index (χ1n) is 24.5. The molecule has 62 heavy (non-hydrogen) atoms. The Morgan fingerprint density at radius 2 is 0.952 bits per heavy atom. The molecule has 0 heterocycles. The van der Waals surface area contributed by atoms with Crippen LogP contribution >= 0.6 is 7.82 Å². The summed E-state index contributed by atoms with van der Waals surface area (Å²) in [7, 11) is -5.15. The summed E-state index contributed by atoms with van der Waals surface area (Å²) in [6, 6.07) is -1.26. The molecule has 1 saturated carbocycles. The fourth-order valence-electron chi connectivity index (χ4n) is 7.68. The van der Waals surface area contributed by atoms with Crippen molar-refractivity contribution in [2.75, 3.05) is 6.61 Å². The molecule has 14 heteroatoms. The van der Waals surface area contributed by atoms with E-state index in [0.717, 1.165) is 44.9 Å². The van der Waals surface area contributed by atoms with Gasteiger partial charge in [0.25, 0.3) is 0 Å². The van der Waals surface area contributed by atoms with E-state index in [0.29, 0.717) is 19.3 Å². The van der Waals surface area contributed by atoms with Crippen molar-refractivity contribution in [3.05, 3.63) is 36.5 Å². The largest absolute Gasteiger partial charge is 0.472 e. The maximum Gasteiger partial charge on any atom is 0.472 e. The number of carbonyl (C=O) groups excluding carboxylic acids is 1. The van der Waals surface area contributed by atoms with E-state index in [2.05, 4.69) is 43.5 Å². The van der Waals surface area contributed by atoms with Gasteiger partial charge < -0.3 is 46.0 Å². The molecule has 0 aliphatic heterocycles. The van der Waals surface area contributed by atoms with Crippen LogP contribution in [0.4, 0.5) is 0 Å². The van der Waals surface area contributed by atoms with Crippen LogP contribution in [0.25, 0.3) is 0 Å². The van der Waals surface area contributed by atoms with Crippen molar-refractivity contribution >= 4 is 13.7 Å². The van der Waals surface area contributed by atoms with E-state index in [1.165, 1.54) is 122 Å². The molecule has 1 amide bonds. The number of aliphatic hydroxyl groups is 7. The summed E-state index contributed by atoms with van der Waals surface area (Å²) in [6.45, 7) is 3.73. The van der Waals surface area contributed by atoms with Gasteiger partial charge in [0.05, 0.1) is 31.3 Å². The average Bonchev–Trinajstić information content (AvgIpc) is 3.24. The highest BCUT2D eigenvalue weighted by Crippen LogP contribution is 2.47. The summed E-state index contributed by atoms with van der Waals surface area (Å²) in [5, 5.41) is 74.5. The van der Waals surface area contributed by atoms with E-state index in [9.17, 15) is 50.0 Å². The zero-order valence-corrected chi connectivity index (χ0v) is 39.4. The zero-order chi connectivity index (χ0) is 45.9. The lowest BCUT2D eigenvalue weighted by molar-refractivity contribution is -0.220. The Balaban J connectivity index is 2.57. The van der Waals surface area contributed by atoms with E-state index < -0.39 is 75.2 Å². The molecule has 0 aromatic rings. The molecule has 1 aliphatic carbocycles. The molecule has 8 unspecified atom stereocenters. The molecule has 0 bridgehead atoms. The molecule has 9 N–H and O–H groups in total. The topological polar surface area (TPSA) is 226 Å². The van der Waals surface area contributed by atoms with Gasteiger partial charge in [0.1, 0.15) is 36.6 Å². The van der Waals surface area contributed by atoms with Crippen LogP contribution in [0.1, 0.15) is 200 Å². The number of carbonyl (C=O) groups is 1. The number of allylic oxidation sites excluding steroid dienone is 5.